The Kier molecular flexibility index (Phi) is 8.88. The number of halogens is 1. The molecule has 2 aromatic carbocycles. The smallest absolute Gasteiger partial charge is 0.276 e. The van der Waals surface area contributed by atoms with Crippen LogP contribution in [0.2, 0.25) is 0 Å². The molecule has 0 aliphatic heterocycles. The zero-order valence-electron chi connectivity index (χ0n) is 16.0. The maximum atomic E-state index is 12.3. The fraction of sp³-hybridized carbons (Fsp3) is 0.250. The maximum absolute atomic E-state index is 12.3. The Morgan fingerprint density at radius 2 is 1.79 bits per heavy atom. The van der Waals surface area contributed by atoms with E-state index in [9.17, 15) is 9.59 Å². The first kappa shape index (κ1) is 22.6. The van der Waals surface area contributed by atoms with Crippen molar-refractivity contribution in [2.45, 2.75) is 13.8 Å². The molecule has 0 radical (unpaired) electrons. The summed E-state index contributed by atoms with van der Waals surface area (Å²) in [5.41, 5.74) is 5.21. The molecule has 2 rings (SSSR count). The minimum Gasteiger partial charge on any atom is -0.492 e. The van der Waals surface area contributed by atoms with Crippen molar-refractivity contribution in [3.05, 3.63) is 58.6 Å². The lowest BCUT2D eigenvalue weighted by atomic mass is 10.2. The van der Waals surface area contributed by atoms with Gasteiger partial charge in [0.1, 0.15) is 11.5 Å². The van der Waals surface area contributed by atoms with E-state index in [1.165, 1.54) is 0 Å². The zero-order valence-corrected chi connectivity index (χ0v) is 18.4. The highest BCUT2D eigenvalue weighted by Gasteiger charge is 2.12. The number of hydrogen-bond donors (Lipinski definition) is 3. The van der Waals surface area contributed by atoms with Crippen molar-refractivity contribution in [1.29, 1.82) is 0 Å². The van der Waals surface area contributed by atoms with Crippen LogP contribution >= 0.6 is 28.1 Å². The first-order chi connectivity index (χ1) is 13.8. The molecule has 29 heavy (non-hydrogen) atoms. The van der Waals surface area contributed by atoms with Crippen LogP contribution in [0.5, 0.6) is 11.5 Å². The van der Waals surface area contributed by atoms with Crippen LogP contribution < -0.4 is 25.6 Å². The van der Waals surface area contributed by atoms with Crippen LogP contribution in [-0.4, -0.2) is 30.1 Å². The highest BCUT2D eigenvalue weighted by molar-refractivity contribution is 9.10. The lowest BCUT2D eigenvalue weighted by molar-refractivity contribution is -0.123. The number of rotatable bonds is 7. The summed E-state index contributed by atoms with van der Waals surface area (Å²) >= 11 is 8.41. The van der Waals surface area contributed by atoms with Crippen molar-refractivity contribution >= 4 is 45.1 Å². The lowest BCUT2D eigenvalue weighted by Crippen LogP contribution is -2.49. The second-order valence-corrected chi connectivity index (χ2v) is 7.67. The summed E-state index contributed by atoms with van der Waals surface area (Å²) in [4.78, 5) is 24.1. The molecular formula is C20H22BrN3O4S. The van der Waals surface area contributed by atoms with Crippen LogP contribution in [0.1, 0.15) is 24.2 Å². The minimum atomic E-state index is -0.445. The molecule has 0 atom stereocenters. The number of thiocarbonyl (C=S) groups is 1. The molecule has 0 saturated heterocycles. The van der Waals surface area contributed by atoms with E-state index in [1.807, 2.05) is 6.07 Å². The van der Waals surface area contributed by atoms with Gasteiger partial charge in [-0.25, -0.2) is 0 Å². The molecule has 7 nitrogen and oxygen atoms in total. The molecule has 0 saturated carbocycles. The van der Waals surface area contributed by atoms with E-state index in [0.717, 1.165) is 0 Å². The Labute approximate surface area is 183 Å². The van der Waals surface area contributed by atoms with Crippen molar-refractivity contribution in [2.24, 2.45) is 5.92 Å². The first-order valence-corrected chi connectivity index (χ1v) is 10.1. The van der Waals surface area contributed by atoms with Gasteiger partial charge < -0.3 is 9.47 Å². The Morgan fingerprint density at radius 1 is 1.07 bits per heavy atom. The number of carbonyl (C=O) groups excluding carboxylic acids is 2. The second kappa shape index (κ2) is 11.4. The molecule has 0 unspecified atom stereocenters. The number of hydrogen-bond acceptors (Lipinski definition) is 5. The molecule has 0 fully saturated rings. The predicted molar refractivity (Wildman–Crippen MR) is 118 cm³/mol. The standard InChI is InChI=1S/C20H22BrN3O4S/c1-13(2)11-28-17-9-8-14(10-16(17)21)19(26)22-20(29)24-23-18(25)12-27-15-6-4-3-5-7-15/h3-10,13H,11-12H2,1-2H3,(H,23,25)(H2,22,24,26,29). The molecule has 0 bridgehead atoms. The Morgan fingerprint density at radius 3 is 2.45 bits per heavy atom. The van der Waals surface area contributed by atoms with Gasteiger partial charge in [0.2, 0.25) is 0 Å². The first-order valence-electron chi connectivity index (χ1n) is 8.85. The lowest BCUT2D eigenvalue weighted by Gasteiger charge is -2.13. The van der Waals surface area contributed by atoms with E-state index in [1.54, 1.807) is 42.5 Å². The third-order valence-corrected chi connectivity index (χ3v) is 4.25. The monoisotopic (exact) mass is 479 g/mol. The van der Waals surface area contributed by atoms with Crippen LogP contribution in [-0.2, 0) is 4.79 Å². The summed E-state index contributed by atoms with van der Waals surface area (Å²) in [6, 6.07) is 13.9. The summed E-state index contributed by atoms with van der Waals surface area (Å²) < 4.78 is 11.6. The highest BCUT2D eigenvalue weighted by atomic mass is 79.9. The van der Waals surface area contributed by atoms with E-state index in [0.29, 0.717) is 34.1 Å². The van der Waals surface area contributed by atoms with E-state index < -0.39 is 11.8 Å². The number of hydrazine groups is 1. The van der Waals surface area contributed by atoms with Gasteiger partial charge >= 0.3 is 0 Å². The number of nitrogens with one attached hydrogen (secondary N) is 3. The van der Waals surface area contributed by atoms with E-state index in [-0.39, 0.29) is 11.7 Å². The fourth-order valence-corrected chi connectivity index (χ4v) is 2.69. The average molecular weight is 480 g/mol. The summed E-state index contributed by atoms with van der Waals surface area (Å²) in [6.07, 6.45) is 0. The summed E-state index contributed by atoms with van der Waals surface area (Å²) in [5, 5.41) is 2.44. The third kappa shape index (κ3) is 8.08. The average Bonchev–Trinajstić information content (AvgIpc) is 2.70. The van der Waals surface area contributed by atoms with Crippen molar-refractivity contribution < 1.29 is 19.1 Å². The van der Waals surface area contributed by atoms with E-state index >= 15 is 0 Å². The molecule has 2 amide bonds. The van der Waals surface area contributed by atoms with Gasteiger partial charge in [0, 0.05) is 5.56 Å². The third-order valence-electron chi connectivity index (χ3n) is 3.42. The van der Waals surface area contributed by atoms with Crippen molar-refractivity contribution in [3.8, 4) is 11.5 Å². The number of carbonyl (C=O) groups is 2. The molecule has 0 spiro atoms. The molecule has 9 heteroatoms. The number of ether oxygens (including phenoxy) is 2. The molecule has 154 valence electrons. The quantitative estimate of drug-likeness (QED) is 0.417. The van der Waals surface area contributed by atoms with Gasteiger partial charge in [-0.2, -0.15) is 0 Å². The van der Waals surface area contributed by atoms with Crippen LogP contribution in [0.25, 0.3) is 0 Å². The van der Waals surface area contributed by atoms with Crippen LogP contribution in [0, 0.1) is 5.92 Å². The zero-order chi connectivity index (χ0) is 21.2. The SMILES string of the molecule is CC(C)COc1ccc(C(=O)NC(=S)NNC(=O)COc2ccccc2)cc1Br. The second-order valence-electron chi connectivity index (χ2n) is 6.41. The van der Waals surface area contributed by atoms with Gasteiger partial charge in [-0.3, -0.25) is 25.8 Å². The molecule has 0 aliphatic carbocycles. The van der Waals surface area contributed by atoms with Crippen LogP contribution in [0.15, 0.2) is 53.0 Å². The number of amides is 2. The highest BCUT2D eigenvalue weighted by Crippen LogP contribution is 2.26. The Balaban J connectivity index is 1.77. The maximum Gasteiger partial charge on any atom is 0.276 e. The predicted octanol–water partition coefficient (Wildman–Crippen LogP) is 3.20. The minimum absolute atomic E-state index is 0.0423. The van der Waals surface area contributed by atoms with Crippen molar-refractivity contribution in [1.82, 2.24) is 16.2 Å². The molecule has 3 N–H and O–H groups in total. The largest absolute Gasteiger partial charge is 0.492 e. The van der Waals surface area contributed by atoms with Crippen LogP contribution in [0.4, 0.5) is 0 Å². The molecule has 0 heterocycles. The van der Waals surface area contributed by atoms with Crippen LogP contribution in [0.3, 0.4) is 0 Å². The van der Waals surface area contributed by atoms with E-state index in [2.05, 4.69) is 45.9 Å². The van der Waals surface area contributed by atoms with Gasteiger partial charge in [0.25, 0.3) is 11.8 Å². The fourth-order valence-electron chi connectivity index (χ4n) is 2.05. The molecule has 0 aliphatic rings. The Bertz CT molecular complexity index is 862. The van der Waals surface area contributed by atoms with Gasteiger partial charge in [0.05, 0.1) is 11.1 Å². The van der Waals surface area contributed by atoms with Crippen molar-refractivity contribution in [2.75, 3.05) is 13.2 Å². The number of benzene rings is 2. The Hall–Kier alpha value is -2.65. The van der Waals surface area contributed by atoms with Gasteiger partial charge in [-0.05, 0) is 64.4 Å². The van der Waals surface area contributed by atoms with E-state index in [4.69, 9.17) is 21.7 Å². The topological polar surface area (TPSA) is 88.7 Å². The normalized spacial score (nSPS) is 10.2. The summed E-state index contributed by atoms with van der Waals surface area (Å²) in [6.45, 7) is 4.48. The molecular weight excluding hydrogens is 458 g/mol. The molecule has 0 aromatic heterocycles. The van der Waals surface area contributed by atoms with Gasteiger partial charge in [-0.15, -0.1) is 0 Å². The van der Waals surface area contributed by atoms with Crippen molar-refractivity contribution in [3.63, 3.8) is 0 Å². The number of para-hydroxylation sites is 1. The van der Waals surface area contributed by atoms with Gasteiger partial charge in [0.15, 0.2) is 11.7 Å². The summed E-state index contributed by atoms with van der Waals surface area (Å²) in [7, 11) is 0. The van der Waals surface area contributed by atoms with Gasteiger partial charge in [-0.1, -0.05) is 32.0 Å². The molecule has 2 aromatic rings. The summed E-state index contributed by atoms with van der Waals surface area (Å²) in [5.74, 6) is 0.751.